The predicted molar refractivity (Wildman–Crippen MR) is 107 cm³/mol. The maximum Gasteiger partial charge on any atom is 0.304 e. The number of hydrogen-bond donors (Lipinski definition) is 3. The molecule has 3 aliphatic heterocycles. The number of carboxylic acids is 1. The van der Waals surface area contributed by atoms with Crippen LogP contribution < -0.4 is 5.32 Å². The Morgan fingerprint density at radius 1 is 1.37 bits per heavy atom. The predicted octanol–water partition coefficient (Wildman–Crippen LogP) is 0.785. The van der Waals surface area contributed by atoms with Gasteiger partial charge in [-0.05, 0) is 31.4 Å². The largest absolute Gasteiger partial charge is 0.483 e. The Bertz CT molecular complexity index is 746. The number of aliphatic carboxylic acids is 1. The zero-order chi connectivity index (χ0) is 21.6. The molecule has 30 heavy (non-hydrogen) atoms. The van der Waals surface area contributed by atoms with Gasteiger partial charge in [-0.15, -0.1) is 0 Å². The van der Waals surface area contributed by atoms with Crippen LogP contribution in [0.25, 0.3) is 0 Å². The molecular formula is C21H29N3O6. The Balaban J connectivity index is 0.000000806. The molecule has 164 valence electrons. The molecule has 0 saturated carbocycles. The van der Waals surface area contributed by atoms with Gasteiger partial charge in [0.15, 0.2) is 0 Å². The minimum atomic E-state index is -0.758. The number of aromatic nitrogens is 1. The van der Waals surface area contributed by atoms with Gasteiger partial charge in [-0.25, -0.2) is 0 Å². The van der Waals surface area contributed by atoms with Crippen LogP contribution in [0.3, 0.4) is 0 Å². The topological polar surface area (TPSA) is 129 Å². The van der Waals surface area contributed by atoms with Crippen LogP contribution >= 0.6 is 0 Å². The van der Waals surface area contributed by atoms with Gasteiger partial charge in [-0.3, -0.25) is 24.3 Å². The van der Waals surface area contributed by atoms with Crippen LogP contribution in [0.5, 0.6) is 0 Å². The quantitative estimate of drug-likeness (QED) is 0.528. The van der Waals surface area contributed by atoms with E-state index in [0.29, 0.717) is 37.8 Å². The number of likely N-dealkylation sites (tertiary alicyclic amines) is 1. The van der Waals surface area contributed by atoms with Crippen LogP contribution in [0.4, 0.5) is 0 Å². The second-order valence-corrected chi connectivity index (χ2v) is 8.14. The third-order valence-corrected chi connectivity index (χ3v) is 6.37. The van der Waals surface area contributed by atoms with Crippen molar-refractivity contribution < 1.29 is 29.3 Å². The zero-order valence-corrected chi connectivity index (χ0v) is 16.9. The lowest BCUT2D eigenvalue weighted by Crippen LogP contribution is -2.41. The third kappa shape index (κ3) is 5.14. The molecule has 9 nitrogen and oxygen atoms in total. The number of ether oxygens (including phenoxy) is 1. The highest BCUT2D eigenvalue weighted by Gasteiger charge is 2.62. The first kappa shape index (κ1) is 22.2. The molecule has 1 spiro atoms. The zero-order valence-electron chi connectivity index (χ0n) is 16.9. The Morgan fingerprint density at radius 3 is 2.87 bits per heavy atom. The van der Waals surface area contributed by atoms with Crippen LogP contribution in [0, 0.1) is 11.8 Å². The molecule has 0 aliphatic carbocycles. The fourth-order valence-corrected chi connectivity index (χ4v) is 5.09. The first-order valence-corrected chi connectivity index (χ1v) is 10.3. The number of pyridine rings is 1. The SMILES string of the molecule is O=C(O)CCN1C[C@@H]2[C@H](CNC(=O)CCc3ccccn3)[C@H]3CC[C@]2(C1)O3.O=CO. The van der Waals surface area contributed by atoms with E-state index >= 15 is 0 Å². The highest BCUT2D eigenvalue weighted by molar-refractivity contribution is 5.76. The second-order valence-electron chi connectivity index (χ2n) is 8.14. The molecule has 4 heterocycles. The summed E-state index contributed by atoms with van der Waals surface area (Å²) in [5, 5.41) is 18.9. The van der Waals surface area contributed by atoms with Gasteiger partial charge in [-0.1, -0.05) is 6.07 Å². The molecule has 3 fully saturated rings. The fraction of sp³-hybridized carbons (Fsp3) is 0.619. The molecular weight excluding hydrogens is 390 g/mol. The molecule has 3 saturated heterocycles. The summed E-state index contributed by atoms with van der Waals surface area (Å²) >= 11 is 0. The van der Waals surface area contributed by atoms with Gasteiger partial charge in [0, 0.05) is 56.3 Å². The molecule has 4 atom stereocenters. The fourth-order valence-electron chi connectivity index (χ4n) is 5.09. The van der Waals surface area contributed by atoms with Gasteiger partial charge in [-0.2, -0.15) is 0 Å². The monoisotopic (exact) mass is 419 g/mol. The smallest absolute Gasteiger partial charge is 0.304 e. The highest BCUT2D eigenvalue weighted by atomic mass is 16.5. The normalized spacial score (nSPS) is 29.0. The summed E-state index contributed by atoms with van der Waals surface area (Å²) in [6.07, 6.45) is 5.32. The van der Waals surface area contributed by atoms with Gasteiger partial charge in [0.05, 0.1) is 18.1 Å². The molecule has 2 bridgehead atoms. The van der Waals surface area contributed by atoms with Gasteiger partial charge < -0.3 is 20.3 Å². The molecule has 9 heteroatoms. The average Bonchev–Trinajstić information content (AvgIpc) is 3.39. The molecule has 1 amide bonds. The molecule has 1 aromatic heterocycles. The van der Waals surface area contributed by atoms with Crippen molar-refractivity contribution in [3.63, 3.8) is 0 Å². The molecule has 0 unspecified atom stereocenters. The summed E-state index contributed by atoms with van der Waals surface area (Å²) in [6.45, 7) is 2.67. The number of carboxylic acid groups (broad SMARTS) is 2. The molecule has 0 aromatic carbocycles. The van der Waals surface area contributed by atoms with E-state index in [1.165, 1.54) is 0 Å². The summed E-state index contributed by atoms with van der Waals surface area (Å²) in [5.74, 6) is 0.0122. The van der Waals surface area contributed by atoms with Crippen LogP contribution in [0.2, 0.25) is 0 Å². The lowest BCUT2D eigenvalue weighted by Gasteiger charge is -2.29. The Hall–Kier alpha value is -2.52. The van der Waals surface area contributed by atoms with Gasteiger partial charge in [0.25, 0.3) is 6.47 Å². The van der Waals surface area contributed by atoms with Crippen LogP contribution in [0.1, 0.15) is 31.4 Å². The number of nitrogens with zero attached hydrogens (tertiary/aromatic N) is 2. The van der Waals surface area contributed by atoms with Crippen molar-refractivity contribution in [3.05, 3.63) is 30.1 Å². The molecule has 3 aliphatic rings. The molecule has 3 N–H and O–H groups in total. The van der Waals surface area contributed by atoms with E-state index in [9.17, 15) is 9.59 Å². The highest BCUT2D eigenvalue weighted by Crippen LogP contribution is 2.54. The summed E-state index contributed by atoms with van der Waals surface area (Å²) in [6, 6.07) is 5.74. The Labute approximate surface area is 175 Å². The van der Waals surface area contributed by atoms with Gasteiger partial charge in [0.1, 0.15) is 0 Å². The van der Waals surface area contributed by atoms with E-state index in [1.807, 2.05) is 18.2 Å². The summed E-state index contributed by atoms with van der Waals surface area (Å²) < 4.78 is 6.34. The second kappa shape index (κ2) is 9.99. The van der Waals surface area contributed by atoms with E-state index in [2.05, 4.69) is 15.2 Å². The molecule has 4 rings (SSSR count). The third-order valence-electron chi connectivity index (χ3n) is 6.37. The maximum absolute atomic E-state index is 12.3. The number of nitrogens with one attached hydrogen (secondary N) is 1. The van der Waals surface area contributed by atoms with Crippen LogP contribution in [-0.4, -0.2) is 76.3 Å². The van der Waals surface area contributed by atoms with Crippen LogP contribution in [0.15, 0.2) is 24.4 Å². The Morgan fingerprint density at radius 2 is 2.17 bits per heavy atom. The lowest BCUT2D eigenvalue weighted by molar-refractivity contribution is -0.137. The molecule has 1 aromatic rings. The summed E-state index contributed by atoms with van der Waals surface area (Å²) in [5.41, 5.74) is 0.812. The van der Waals surface area contributed by atoms with E-state index in [0.717, 1.165) is 31.6 Å². The van der Waals surface area contributed by atoms with Crippen molar-refractivity contribution >= 4 is 18.3 Å². The van der Waals surface area contributed by atoms with Crippen molar-refractivity contribution in [3.8, 4) is 0 Å². The van der Waals surface area contributed by atoms with Crippen molar-refractivity contribution in [2.45, 2.75) is 43.8 Å². The lowest BCUT2D eigenvalue weighted by atomic mass is 9.73. The van der Waals surface area contributed by atoms with E-state index in [4.69, 9.17) is 19.7 Å². The van der Waals surface area contributed by atoms with Gasteiger partial charge in [0.2, 0.25) is 5.91 Å². The van der Waals surface area contributed by atoms with E-state index in [1.54, 1.807) is 6.20 Å². The van der Waals surface area contributed by atoms with Gasteiger partial charge >= 0.3 is 5.97 Å². The standard InChI is InChI=1S/C20H27N3O4.CH2O2/c24-18(5-4-14-3-1-2-9-21-14)22-11-15-16-12-23(10-7-19(25)26)13-20(16)8-6-17(15)27-20;2-1-3/h1-3,9,15-17H,4-8,10-13H2,(H,22,24)(H,25,26);1H,(H,2,3)/t15-,16+,17+,20+;/m0./s1. The average molecular weight is 419 g/mol. The number of rotatable bonds is 8. The number of amides is 1. The van der Waals surface area contributed by atoms with E-state index < -0.39 is 5.97 Å². The maximum atomic E-state index is 12.3. The summed E-state index contributed by atoms with van der Waals surface area (Å²) in [7, 11) is 0. The number of fused-ring (bicyclic) bond motifs is 1. The minimum Gasteiger partial charge on any atom is -0.483 e. The van der Waals surface area contributed by atoms with Crippen molar-refractivity contribution in [1.29, 1.82) is 0 Å². The number of carbonyl (C=O) groups excluding carboxylic acids is 1. The summed E-state index contributed by atoms with van der Waals surface area (Å²) in [4.78, 5) is 37.9. The Kier molecular flexibility index (Phi) is 7.38. The van der Waals surface area contributed by atoms with E-state index in [-0.39, 0.29) is 30.5 Å². The number of aryl methyl sites for hydroxylation is 1. The van der Waals surface area contributed by atoms with Crippen molar-refractivity contribution in [1.82, 2.24) is 15.2 Å². The van der Waals surface area contributed by atoms with Crippen LogP contribution in [-0.2, 0) is 25.5 Å². The first-order chi connectivity index (χ1) is 14.5. The minimum absolute atomic E-state index is 0.0539. The van der Waals surface area contributed by atoms with Crippen molar-refractivity contribution in [2.75, 3.05) is 26.2 Å². The molecule has 0 radical (unpaired) electrons. The number of carbonyl (C=O) groups is 3. The van der Waals surface area contributed by atoms with Crippen molar-refractivity contribution in [2.24, 2.45) is 11.8 Å². The first-order valence-electron chi connectivity index (χ1n) is 10.3. The number of hydrogen-bond acceptors (Lipinski definition) is 6.